The molecule has 0 bridgehead atoms. The number of nitrogens with two attached hydrogens (primary N) is 1. The van der Waals surface area contributed by atoms with E-state index in [4.69, 9.17) is 5.73 Å². The van der Waals surface area contributed by atoms with Gasteiger partial charge in [0.1, 0.15) is 6.54 Å². The van der Waals surface area contributed by atoms with Crippen molar-refractivity contribution < 1.29 is 4.79 Å². The third-order valence-electron chi connectivity index (χ3n) is 1.63. The average molecular weight is 210 g/mol. The third kappa shape index (κ3) is 3.41. The van der Waals surface area contributed by atoms with E-state index in [9.17, 15) is 9.59 Å². The van der Waals surface area contributed by atoms with Gasteiger partial charge < -0.3 is 11.1 Å². The van der Waals surface area contributed by atoms with Crippen LogP contribution in [0.2, 0.25) is 0 Å². The van der Waals surface area contributed by atoms with Gasteiger partial charge in [-0.1, -0.05) is 0 Å². The highest BCUT2D eigenvalue weighted by Gasteiger charge is 2.03. The van der Waals surface area contributed by atoms with Crippen LogP contribution in [0.1, 0.15) is 13.8 Å². The molecule has 82 valence electrons. The molecular weight excluding hydrogens is 196 g/mol. The zero-order valence-corrected chi connectivity index (χ0v) is 8.73. The van der Waals surface area contributed by atoms with Gasteiger partial charge in [-0.25, -0.2) is 4.68 Å². The molecule has 1 aromatic rings. The van der Waals surface area contributed by atoms with Gasteiger partial charge in [0.05, 0.1) is 11.9 Å². The zero-order chi connectivity index (χ0) is 11.4. The first-order valence-corrected chi connectivity index (χ1v) is 4.61. The molecule has 0 aliphatic carbocycles. The minimum absolute atomic E-state index is 0.194. The number of rotatable bonds is 4. The highest BCUT2D eigenvalue weighted by molar-refractivity contribution is 5.73. The third-order valence-corrected chi connectivity index (χ3v) is 1.63. The van der Waals surface area contributed by atoms with E-state index >= 15 is 0 Å². The summed E-state index contributed by atoms with van der Waals surface area (Å²) in [5.74, 6) is -0.589. The van der Waals surface area contributed by atoms with Gasteiger partial charge in [0.15, 0.2) is 0 Å². The SMILES string of the molecule is CC(C)Nc1cnn(CC(N)=O)c(=O)c1. The number of anilines is 1. The van der Waals surface area contributed by atoms with Gasteiger partial charge >= 0.3 is 0 Å². The van der Waals surface area contributed by atoms with E-state index in [-0.39, 0.29) is 18.1 Å². The van der Waals surface area contributed by atoms with Gasteiger partial charge in [-0.2, -0.15) is 5.10 Å². The Morgan fingerprint density at radius 1 is 1.67 bits per heavy atom. The van der Waals surface area contributed by atoms with Crippen molar-refractivity contribution in [2.24, 2.45) is 5.73 Å². The molecule has 6 heteroatoms. The van der Waals surface area contributed by atoms with Crippen molar-refractivity contribution >= 4 is 11.6 Å². The Kier molecular flexibility index (Phi) is 3.43. The minimum atomic E-state index is -0.589. The van der Waals surface area contributed by atoms with Crippen LogP contribution < -0.4 is 16.6 Å². The molecular formula is C9H14N4O2. The summed E-state index contributed by atoms with van der Waals surface area (Å²) >= 11 is 0. The van der Waals surface area contributed by atoms with Gasteiger partial charge in [0.2, 0.25) is 5.91 Å². The second kappa shape index (κ2) is 4.59. The van der Waals surface area contributed by atoms with Gasteiger partial charge in [-0.3, -0.25) is 9.59 Å². The molecule has 1 aromatic heterocycles. The van der Waals surface area contributed by atoms with Crippen LogP contribution in [0.15, 0.2) is 17.1 Å². The lowest BCUT2D eigenvalue weighted by atomic mass is 10.3. The summed E-state index contributed by atoms with van der Waals surface area (Å²) in [5.41, 5.74) is 5.25. The van der Waals surface area contributed by atoms with Crippen LogP contribution in [-0.4, -0.2) is 21.7 Å². The number of nitrogens with zero attached hydrogens (tertiary/aromatic N) is 2. The lowest BCUT2D eigenvalue weighted by molar-refractivity contribution is -0.118. The van der Waals surface area contributed by atoms with Crippen molar-refractivity contribution in [3.05, 3.63) is 22.6 Å². The Morgan fingerprint density at radius 2 is 2.33 bits per heavy atom. The molecule has 0 fully saturated rings. The molecule has 1 heterocycles. The van der Waals surface area contributed by atoms with Gasteiger partial charge in [0.25, 0.3) is 5.56 Å². The number of carbonyl (C=O) groups is 1. The first-order chi connectivity index (χ1) is 6.99. The molecule has 1 rings (SSSR count). The quantitative estimate of drug-likeness (QED) is 0.704. The van der Waals surface area contributed by atoms with Gasteiger partial charge in [0, 0.05) is 12.1 Å². The van der Waals surface area contributed by atoms with Crippen LogP contribution in [-0.2, 0) is 11.3 Å². The van der Waals surface area contributed by atoms with Crippen LogP contribution in [0.25, 0.3) is 0 Å². The number of primary amides is 1. The largest absolute Gasteiger partial charge is 0.381 e. The van der Waals surface area contributed by atoms with Gasteiger partial charge in [-0.15, -0.1) is 0 Å². The second-order valence-corrected chi connectivity index (χ2v) is 3.51. The maximum Gasteiger partial charge on any atom is 0.269 e. The minimum Gasteiger partial charge on any atom is -0.381 e. The smallest absolute Gasteiger partial charge is 0.269 e. The second-order valence-electron chi connectivity index (χ2n) is 3.51. The monoisotopic (exact) mass is 210 g/mol. The number of amides is 1. The Balaban J connectivity index is 2.88. The van der Waals surface area contributed by atoms with Crippen LogP contribution in [0, 0.1) is 0 Å². The number of hydrogen-bond acceptors (Lipinski definition) is 4. The molecule has 0 atom stereocenters. The lowest BCUT2D eigenvalue weighted by Gasteiger charge is -2.09. The summed E-state index contributed by atoms with van der Waals surface area (Å²) in [6.07, 6.45) is 1.49. The molecule has 0 radical (unpaired) electrons. The number of nitrogens with one attached hydrogen (secondary N) is 1. The number of hydrogen-bond donors (Lipinski definition) is 2. The summed E-state index contributed by atoms with van der Waals surface area (Å²) in [5, 5.41) is 6.85. The summed E-state index contributed by atoms with van der Waals surface area (Å²) in [7, 11) is 0. The molecule has 0 saturated carbocycles. The highest BCUT2D eigenvalue weighted by atomic mass is 16.2. The first kappa shape index (κ1) is 11.2. The molecule has 3 N–H and O–H groups in total. The molecule has 0 spiro atoms. The lowest BCUT2D eigenvalue weighted by Crippen LogP contribution is -2.29. The van der Waals surface area contributed by atoms with E-state index in [0.29, 0.717) is 5.69 Å². The van der Waals surface area contributed by atoms with Crippen LogP contribution in [0.4, 0.5) is 5.69 Å². The Morgan fingerprint density at radius 3 is 2.80 bits per heavy atom. The molecule has 0 aromatic carbocycles. The predicted molar refractivity (Wildman–Crippen MR) is 56.5 cm³/mol. The molecule has 6 nitrogen and oxygen atoms in total. The maximum atomic E-state index is 11.4. The topological polar surface area (TPSA) is 90.0 Å². The molecule has 0 aliphatic rings. The van der Waals surface area contributed by atoms with Crippen LogP contribution in [0.5, 0.6) is 0 Å². The predicted octanol–water partition coefficient (Wildman–Crippen LogP) is -0.451. The van der Waals surface area contributed by atoms with Crippen molar-refractivity contribution in [1.29, 1.82) is 0 Å². The highest BCUT2D eigenvalue weighted by Crippen LogP contribution is 2.01. The summed E-state index contributed by atoms with van der Waals surface area (Å²) in [4.78, 5) is 22.0. The fourth-order valence-electron chi connectivity index (χ4n) is 1.11. The molecule has 15 heavy (non-hydrogen) atoms. The zero-order valence-electron chi connectivity index (χ0n) is 8.73. The van der Waals surface area contributed by atoms with Crippen molar-refractivity contribution in [2.45, 2.75) is 26.4 Å². The summed E-state index contributed by atoms with van der Waals surface area (Å²) in [6.45, 7) is 3.71. The Hall–Kier alpha value is -1.85. The Bertz CT molecular complexity index is 411. The Labute approximate surface area is 87.1 Å². The van der Waals surface area contributed by atoms with E-state index < -0.39 is 5.91 Å². The molecule has 1 amide bonds. The van der Waals surface area contributed by atoms with E-state index in [1.54, 1.807) is 0 Å². The standard InChI is InChI=1S/C9H14N4O2/c1-6(2)12-7-3-9(15)13(11-4-7)5-8(10)14/h3-4,6,12H,5H2,1-2H3,(H2,10,14). The summed E-state index contributed by atoms with van der Waals surface area (Å²) in [6, 6.07) is 1.61. The average Bonchev–Trinajstić information content (AvgIpc) is 2.08. The van der Waals surface area contributed by atoms with Crippen molar-refractivity contribution in [3.8, 4) is 0 Å². The van der Waals surface area contributed by atoms with Gasteiger partial charge in [-0.05, 0) is 13.8 Å². The molecule has 0 aliphatic heterocycles. The maximum absolute atomic E-state index is 11.4. The van der Waals surface area contributed by atoms with Crippen LogP contribution in [0.3, 0.4) is 0 Å². The number of carbonyl (C=O) groups excluding carboxylic acids is 1. The van der Waals surface area contributed by atoms with Crippen LogP contribution >= 0.6 is 0 Å². The molecule has 0 saturated heterocycles. The normalized spacial score (nSPS) is 10.3. The fourth-order valence-corrected chi connectivity index (χ4v) is 1.11. The van der Waals surface area contributed by atoms with E-state index in [2.05, 4.69) is 10.4 Å². The molecule has 0 unspecified atom stereocenters. The van der Waals surface area contributed by atoms with E-state index in [0.717, 1.165) is 4.68 Å². The van der Waals surface area contributed by atoms with E-state index in [1.165, 1.54) is 12.3 Å². The first-order valence-electron chi connectivity index (χ1n) is 4.61. The summed E-state index contributed by atoms with van der Waals surface area (Å²) < 4.78 is 1.02. The van der Waals surface area contributed by atoms with Crippen molar-refractivity contribution in [3.63, 3.8) is 0 Å². The number of aromatic nitrogens is 2. The van der Waals surface area contributed by atoms with E-state index in [1.807, 2.05) is 13.8 Å². The van der Waals surface area contributed by atoms with Crippen molar-refractivity contribution in [2.75, 3.05) is 5.32 Å². The van der Waals surface area contributed by atoms with Crippen molar-refractivity contribution in [1.82, 2.24) is 9.78 Å². The fraction of sp³-hybridized carbons (Fsp3) is 0.444.